The second-order valence-corrected chi connectivity index (χ2v) is 10.7. The van der Waals surface area contributed by atoms with Gasteiger partial charge in [0.25, 0.3) is 0 Å². The van der Waals surface area contributed by atoms with Crippen LogP contribution in [0.25, 0.3) is 0 Å². The summed E-state index contributed by atoms with van der Waals surface area (Å²) < 4.78 is 0. The van der Waals surface area contributed by atoms with E-state index in [9.17, 15) is 15.3 Å². The van der Waals surface area contributed by atoms with Crippen molar-refractivity contribution in [3.05, 3.63) is 32.8 Å². The molecular formula is C23H27N5OS2. The molecule has 0 fully saturated rings. The Hall–Kier alpha value is -2.42. The topological polar surface area (TPSA) is 102 Å². The van der Waals surface area contributed by atoms with Crippen LogP contribution in [0.1, 0.15) is 66.4 Å². The summed E-state index contributed by atoms with van der Waals surface area (Å²) in [5.74, 6) is 0.474. The van der Waals surface area contributed by atoms with Crippen molar-refractivity contribution < 1.29 is 4.79 Å². The van der Waals surface area contributed by atoms with Gasteiger partial charge in [0.1, 0.15) is 22.2 Å². The number of thiophene rings is 1. The van der Waals surface area contributed by atoms with E-state index in [-0.39, 0.29) is 17.1 Å². The monoisotopic (exact) mass is 453 g/mol. The Morgan fingerprint density at radius 3 is 2.61 bits per heavy atom. The van der Waals surface area contributed by atoms with E-state index in [1.807, 2.05) is 6.92 Å². The third-order valence-corrected chi connectivity index (χ3v) is 8.66. The fourth-order valence-electron chi connectivity index (χ4n) is 3.86. The van der Waals surface area contributed by atoms with Crippen molar-refractivity contribution in [3.63, 3.8) is 0 Å². The maximum Gasteiger partial charge on any atom is 0.235 e. The van der Waals surface area contributed by atoms with Gasteiger partial charge in [0, 0.05) is 4.88 Å². The van der Waals surface area contributed by atoms with Gasteiger partial charge in [-0.25, -0.2) is 0 Å². The normalized spacial score (nSPS) is 15.6. The molecule has 1 atom stereocenters. The predicted octanol–water partition coefficient (Wildman–Crippen LogP) is 5.17. The predicted molar refractivity (Wildman–Crippen MR) is 124 cm³/mol. The molecule has 2 aromatic rings. The number of fused-ring (bicyclic) bond motifs is 1. The van der Waals surface area contributed by atoms with Gasteiger partial charge in [-0.3, -0.25) is 4.79 Å². The summed E-state index contributed by atoms with van der Waals surface area (Å²) in [6, 6.07) is 4.46. The zero-order valence-electron chi connectivity index (χ0n) is 18.6. The number of hydrogen-bond acceptors (Lipinski definition) is 7. The minimum Gasteiger partial charge on any atom is -0.316 e. The molecule has 0 aliphatic heterocycles. The standard InChI is InChI=1S/C23H27N5OS2/c1-6-23(4,5)15-7-8-16-18(11-25)21(31-19(16)9-15)26-20(29)12-30-22-17(10-24)13(2)14(3)27-28-22/h15H,6-9,12H2,1-5H3,(H,26,29). The molecule has 0 spiro atoms. The minimum absolute atomic E-state index is 0.102. The van der Waals surface area contributed by atoms with Gasteiger partial charge in [0.05, 0.1) is 22.6 Å². The van der Waals surface area contributed by atoms with Crippen LogP contribution in [0.4, 0.5) is 5.00 Å². The van der Waals surface area contributed by atoms with Crippen LogP contribution in [0, 0.1) is 47.8 Å². The third-order valence-electron chi connectivity index (χ3n) is 6.52. The summed E-state index contributed by atoms with van der Waals surface area (Å²) in [5, 5.41) is 31.3. The summed E-state index contributed by atoms with van der Waals surface area (Å²) in [6.45, 7) is 10.5. The maximum absolute atomic E-state index is 12.6. The van der Waals surface area contributed by atoms with Crippen LogP contribution < -0.4 is 5.32 Å². The third kappa shape index (κ3) is 4.76. The summed E-state index contributed by atoms with van der Waals surface area (Å²) in [5.41, 5.74) is 3.92. The smallest absolute Gasteiger partial charge is 0.235 e. The van der Waals surface area contributed by atoms with Crippen LogP contribution >= 0.6 is 23.1 Å². The molecule has 0 saturated heterocycles. The van der Waals surface area contributed by atoms with E-state index in [1.165, 1.54) is 28.0 Å². The molecule has 1 aliphatic carbocycles. The fraction of sp³-hybridized carbons (Fsp3) is 0.522. The Labute approximate surface area is 192 Å². The largest absolute Gasteiger partial charge is 0.316 e. The Morgan fingerprint density at radius 1 is 1.26 bits per heavy atom. The number of aryl methyl sites for hydroxylation is 1. The molecule has 2 aromatic heterocycles. The molecule has 1 aliphatic rings. The number of carbonyl (C=O) groups is 1. The lowest BCUT2D eigenvalue weighted by molar-refractivity contribution is -0.113. The molecule has 162 valence electrons. The average molecular weight is 454 g/mol. The van der Waals surface area contributed by atoms with Crippen molar-refractivity contribution >= 4 is 34.0 Å². The van der Waals surface area contributed by atoms with Crippen molar-refractivity contribution in [2.75, 3.05) is 11.1 Å². The molecular weight excluding hydrogens is 426 g/mol. The van der Waals surface area contributed by atoms with E-state index in [1.54, 1.807) is 6.92 Å². The first-order chi connectivity index (χ1) is 14.7. The van der Waals surface area contributed by atoms with Crippen molar-refractivity contribution in [3.8, 4) is 12.1 Å². The first kappa shape index (κ1) is 23.2. The van der Waals surface area contributed by atoms with Gasteiger partial charge >= 0.3 is 0 Å². The molecule has 0 saturated carbocycles. The number of amides is 1. The first-order valence-electron chi connectivity index (χ1n) is 10.4. The van der Waals surface area contributed by atoms with Crippen molar-refractivity contribution in [1.29, 1.82) is 10.5 Å². The van der Waals surface area contributed by atoms with Crippen LogP contribution in [-0.4, -0.2) is 21.9 Å². The maximum atomic E-state index is 12.6. The van der Waals surface area contributed by atoms with E-state index in [0.717, 1.165) is 36.8 Å². The van der Waals surface area contributed by atoms with Crippen LogP contribution in [0.5, 0.6) is 0 Å². The van der Waals surface area contributed by atoms with Gasteiger partial charge in [0.2, 0.25) is 5.91 Å². The van der Waals surface area contributed by atoms with Gasteiger partial charge in [-0.05, 0) is 55.6 Å². The molecule has 1 unspecified atom stereocenters. The van der Waals surface area contributed by atoms with Gasteiger partial charge in [-0.2, -0.15) is 15.6 Å². The summed E-state index contributed by atoms with van der Waals surface area (Å²) in [4.78, 5) is 13.8. The number of thioether (sulfide) groups is 1. The Kier molecular flexibility index (Phi) is 7.03. The molecule has 3 rings (SSSR count). The van der Waals surface area contributed by atoms with E-state index in [2.05, 4.69) is 48.4 Å². The summed E-state index contributed by atoms with van der Waals surface area (Å²) in [6.07, 6.45) is 4.04. The van der Waals surface area contributed by atoms with Crippen molar-refractivity contribution in [2.24, 2.45) is 11.3 Å². The average Bonchev–Trinajstić information content (AvgIpc) is 3.10. The quantitative estimate of drug-likeness (QED) is 0.605. The second-order valence-electron chi connectivity index (χ2n) is 8.64. The highest BCUT2D eigenvalue weighted by molar-refractivity contribution is 8.00. The van der Waals surface area contributed by atoms with E-state index >= 15 is 0 Å². The fourth-order valence-corrected chi connectivity index (χ4v) is 5.94. The molecule has 31 heavy (non-hydrogen) atoms. The number of nitrogens with one attached hydrogen (secondary N) is 1. The van der Waals surface area contributed by atoms with Gasteiger partial charge in [-0.1, -0.05) is 39.0 Å². The molecule has 2 heterocycles. The van der Waals surface area contributed by atoms with Gasteiger partial charge in [-0.15, -0.1) is 16.4 Å². The number of rotatable bonds is 6. The zero-order chi connectivity index (χ0) is 22.8. The van der Waals surface area contributed by atoms with Crippen molar-refractivity contribution in [2.45, 2.75) is 65.3 Å². The van der Waals surface area contributed by atoms with Crippen LogP contribution in [0.15, 0.2) is 5.03 Å². The Morgan fingerprint density at radius 2 is 1.97 bits per heavy atom. The molecule has 0 radical (unpaired) electrons. The molecule has 1 amide bonds. The van der Waals surface area contributed by atoms with Crippen LogP contribution in [0.3, 0.4) is 0 Å². The lowest BCUT2D eigenvalue weighted by Gasteiger charge is -2.36. The van der Waals surface area contributed by atoms with E-state index < -0.39 is 0 Å². The van der Waals surface area contributed by atoms with E-state index in [0.29, 0.717) is 32.8 Å². The number of aromatic nitrogens is 2. The number of hydrogen-bond donors (Lipinski definition) is 1. The van der Waals surface area contributed by atoms with Crippen molar-refractivity contribution in [1.82, 2.24) is 10.2 Å². The summed E-state index contributed by atoms with van der Waals surface area (Å²) >= 11 is 2.73. The van der Waals surface area contributed by atoms with Crippen LogP contribution in [0.2, 0.25) is 0 Å². The minimum atomic E-state index is -0.213. The highest BCUT2D eigenvalue weighted by atomic mass is 32.2. The second kappa shape index (κ2) is 9.38. The molecule has 0 bridgehead atoms. The molecule has 6 nitrogen and oxygen atoms in total. The highest BCUT2D eigenvalue weighted by Crippen LogP contribution is 2.45. The van der Waals surface area contributed by atoms with E-state index in [4.69, 9.17) is 0 Å². The van der Waals surface area contributed by atoms with Gasteiger partial charge in [0.15, 0.2) is 0 Å². The number of carbonyl (C=O) groups excluding carboxylic acids is 1. The lowest BCUT2D eigenvalue weighted by Crippen LogP contribution is -2.28. The Balaban J connectivity index is 1.73. The lowest BCUT2D eigenvalue weighted by atomic mass is 9.69. The molecule has 8 heteroatoms. The molecule has 1 N–H and O–H groups in total. The number of anilines is 1. The van der Waals surface area contributed by atoms with Crippen LogP contribution in [-0.2, 0) is 17.6 Å². The van der Waals surface area contributed by atoms with Gasteiger partial charge < -0.3 is 5.32 Å². The Bertz CT molecular complexity index is 1090. The first-order valence-corrected chi connectivity index (χ1v) is 12.2. The molecule has 0 aromatic carbocycles. The highest BCUT2D eigenvalue weighted by Gasteiger charge is 2.34. The number of nitrogens with zero attached hydrogens (tertiary/aromatic N) is 4. The zero-order valence-corrected chi connectivity index (χ0v) is 20.3. The number of nitriles is 2. The SMILES string of the molecule is CCC(C)(C)C1CCc2c(sc(NC(=O)CSc3nnc(C)c(C)c3C#N)c2C#N)C1. The summed E-state index contributed by atoms with van der Waals surface area (Å²) in [7, 11) is 0.